The molecule has 4 aliphatic rings. The molecule has 2 unspecified atom stereocenters. The number of aromatic carboxylic acids is 1. The van der Waals surface area contributed by atoms with Crippen LogP contribution in [-0.2, 0) is 4.84 Å². The summed E-state index contributed by atoms with van der Waals surface area (Å²) in [5, 5.41) is 15.5. The van der Waals surface area contributed by atoms with Crippen molar-refractivity contribution in [1.82, 2.24) is 15.4 Å². The first-order valence-electron chi connectivity index (χ1n) is 18.1. The quantitative estimate of drug-likeness (QED) is 0.0826. The fourth-order valence-electron chi connectivity index (χ4n) is 10.8. The van der Waals surface area contributed by atoms with E-state index in [1.165, 1.54) is 24.0 Å². The molecule has 0 radical (unpaired) electrons. The Morgan fingerprint density at radius 1 is 0.943 bits per heavy atom. The molecular weight excluding hydrogens is 685 g/mol. The highest BCUT2D eigenvalue weighted by Gasteiger charge is 2.66. The summed E-state index contributed by atoms with van der Waals surface area (Å²) in [6.07, 6.45) is 7.85. The number of aliphatic imine (C=N–C) groups is 1. The second-order valence-corrected chi connectivity index (χ2v) is 17.3. The standard InChI is InChI=1S/C42H44N6O4S/c1-25(45-24-41-19-39(2)18-40(3,20-41)22-42(21-39,23-41)52-44-4)31(17-43)28-14-15-32(46-35(28)37(50)51)27-13-12-26-8-7-9-29(30(26)16-27)36(49)48-38-47-33-10-5-6-11-34(33)53-38/h5-17,44H,18-24,43H2,1-4H3,(H,50,51)(H,47,48,49). The Bertz CT molecular complexity index is 2310. The molecule has 5 aromatic rings. The number of nitrogens with zero attached hydrogens (tertiary/aromatic N) is 3. The minimum absolute atomic E-state index is 0.00592. The summed E-state index contributed by atoms with van der Waals surface area (Å²) < 4.78 is 0.987. The number of para-hydroxylation sites is 1. The minimum Gasteiger partial charge on any atom is -0.476 e. The molecule has 0 spiro atoms. The predicted molar refractivity (Wildman–Crippen MR) is 211 cm³/mol. The number of hydrogen-bond acceptors (Lipinski definition) is 9. The maximum absolute atomic E-state index is 13.5. The molecule has 4 bridgehead atoms. The van der Waals surface area contributed by atoms with Gasteiger partial charge in [0.05, 0.1) is 21.5 Å². The molecule has 10 nitrogen and oxygen atoms in total. The summed E-state index contributed by atoms with van der Waals surface area (Å²) in [5.41, 5.74) is 13.3. The number of anilines is 1. The van der Waals surface area contributed by atoms with E-state index >= 15 is 0 Å². The Morgan fingerprint density at radius 2 is 1.72 bits per heavy atom. The number of rotatable bonds is 10. The van der Waals surface area contributed by atoms with Crippen molar-refractivity contribution in [1.29, 1.82) is 0 Å². The molecule has 9 rings (SSSR count). The highest BCUT2D eigenvalue weighted by Crippen LogP contribution is 2.71. The summed E-state index contributed by atoms with van der Waals surface area (Å²) in [6, 6.07) is 22.5. The summed E-state index contributed by atoms with van der Waals surface area (Å²) in [7, 11) is 1.85. The minimum atomic E-state index is -1.17. The first-order valence-corrected chi connectivity index (χ1v) is 18.9. The molecule has 2 atom stereocenters. The van der Waals surface area contributed by atoms with E-state index in [-0.39, 0.29) is 33.4 Å². The van der Waals surface area contributed by atoms with Crippen molar-refractivity contribution in [2.45, 2.75) is 64.9 Å². The number of carboxylic acid groups (broad SMARTS) is 1. The molecule has 2 heterocycles. The number of hydroxylamine groups is 1. The molecule has 53 heavy (non-hydrogen) atoms. The van der Waals surface area contributed by atoms with Crippen LogP contribution in [0.15, 0.2) is 84.0 Å². The third-order valence-corrected chi connectivity index (χ3v) is 12.5. The molecular formula is C42H44N6O4S. The molecule has 3 aromatic carbocycles. The molecule has 272 valence electrons. The Labute approximate surface area is 312 Å². The number of fused-ring (bicyclic) bond motifs is 2. The van der Waals surface area contributed by atoms with E-state index in [1.807, 2.05) is 68.6 Å². The molecule has 11 heteroatoms. The van der Waals surface area contributed by atoms with E-state index < -0.39 is 5.97 Å². The predicted octanol–water partition coefficient (Wildman–Crippen LogP) is 8.49. The van der Waals surface area contributed by atoms with Gasteiger partial charge in [-0.05, 0) is 109 Å². The first kappa shape index (κ1) is 35.1. The van der Waals surface area contributed by atoms with Crippen LogP contribution in [0.25, 0.3) is 37.8 Å². The maximum Gasteiger partial charge on any atom is 0.355 e. The number of nitrogens with one attached hydrogen (secondary N) is 2. The van der Waals surface area contributed by atoms with Gasteiger partial charge in [-0.25, -0.2) is 20.2 Å². The van der Waals surface area contributed by atoms with E-state index in [2.05, 4.69) is 34.6 Å². The number of allylic oxidation sites excluding steroid dienone is 1. The Morgan fingerprint density at radius 3 is 2.43 bits per heavy atom. The van der Waals surface area contributed by atoms with Crippen LogP contribution in [0.4, 0.5) is 5.13 Å². The van der Waals surface area contributed by atoms with Crippen LogP contribution in [0.5, 0.6) is 0 Å². The van der Waals surface area contributed by atoms with Gasteiger partial charge in [0.15, 0.2) is 10.8 Å². The molecule has 4 aliphatic carbocycles. The van der Waals surface area contributed by atoms with Gasteiger partial charge in [-0.15, -0.1) is 0 Å². The van der Waals surface area contributed by atoms with Gasteiger partial charge in [0, 0.05) is 47.8 Å². The van der Waals surface area contributed by atoms with Gasteiger partial charge in [-0.1, -0.05) is 61.6 Å². The van der Waals surface area contributed by atoms with Crippen LogP contribution < -0.4 is 16.5 Å². The van der Waals surface area contributed by atoms with Gasteiger partial charge in [0.25, 0.3) is 5.91 Å². The summed E-state index contributed by atoms with van der Waals surface area (Å²) in [4.78, 5) is 46.9. The van der Waals surface area contributed by atoms with E-state index in [4.69, 9.17) is 15.6 Å². The van der Waals surface area contributed by atoms with Crippen molar-refractivity contribution in [2.24, 2.45) is 27.0 Å². The van der Waals surface area contributed by atoms with Crippen LogP contribution >= 0.6 is 11.3 Å². The van der Waals surface area contributed by atoms with Crippen LogP contribution in [-0.4, -0.2) is 51.9 Å². The second-order valence-electron chi connectivity index (χ2n) is 16.2. The molecule has 0 aliphatic heterocycles. The third kappa shape index (κ3) is 6.40. The largest absolute Gasteiger partial charge is 0.476 e. The lowest BCUT2D eigenvalue weighted by Gasteiger charge is -2.68. The average molecular weight is 729 g/mol. The zero-order valence-corrected chi connectivity index (χ0v) is 31.3. The molecule has 5 N–H and O–H groups in total. The van der Waals surface area contributed by atoms with Gasteiger partial charge in [-0.2, -0.15) is 0 Å². The number of aromatic nitrogens is 2. The molecule has 4 saturated carbocycles. The van der Waals surface area contributed by atoms with Crippen LogP contribution in [0.1, 0.15) is 85.7 Å². The average Bonchev–Trinajstić information content (AvgIpc) is 3.51. The normalized spacial score (nSPS) is 26.7. The lowest BCUT2D eigenvalue weighted by Crippen LogP contribution is -2.65. The smallest absolute Gasteiger partial charge is 0.355 e. The zero-order chi connectivity index (χ0) is 37.2. The van der Waals surface area contributed by atoms with Crippen molar-refractivity contribution in [3.8, 4) is 11.3 Å². The summed E-state index contributed by atoms with van der Waals surface area (Å²) in [6.45, 7) is 7.31. The zero-order valence-electron chi connectivity index (χ0n) is 30.5. The fourth-order valence-corrected chi connectivity index (χ4v) is 11.7. The lowest BCUT2D eigenvalue weighted by molar-refractivity contribution is -0.259. The number of benzene rings is 3. The van der Waals surface area contributed by atoms with Crippen molar-refractivity contribution >= 4 is 60.6 Å². The van der Waals surface area contributed by atoms with Crippen LogP contribution in [0.2, 0.25) is 0 Å². The number of carboxylic acids is 1. The molecule has 4 fully saturated rings. The third-order valence-electron chi connectivity index (χ3n) is 11.5. The summed E-state index contributed by atoms with van der Waals surface area (Å²) in [5.74, 6) is -1.45. The van der Waals surface area contributed by atoms with Gasteiger partial charge < -0.3 is 10.8 Å². The highest BCUT2D eigenvalue weighted by molar-refractivity contribution is 7.22. The molecule has 0 saturated heterocycles. The number of thiazole rings is 1. The fraction of sp³-hybridized carbons (Fsp3) is 0.357. The molecule has 2 aromatic heterocycles. The number of nitrogens with two attached hydrogens (primary N) is 1. The number of hydrogen-bond donors (Lipinski definition) is 4. The second kappa shape index (κ2) is 12.9. The number of carbonyl (C=O) groups is 2. The first-order chi connectivity index (χ1) is 25.3. The number of amides is 1. The van der Waals surface area contributed by atoms with Crippen molar-refractivity contribution in [3.05, 3.63) is 95.8 Å². The lowest BCUT2D eigenvalue weighted by atomic mass is 9.39. The number of pyridine rings is 1. The SMILES string of the molecule is CNOC12CC3(C)CC(C)(CC(CN=C(C)C(=CN)c4ccc(-c5ccc6cccc(C(=O)Nc7nc8ccccc8s7)c6c5)nc4C(=O)O)(C3)C1)C2. The molecule has 1 amide bonds. The highest BCUT2D eigenvalue weighted by atomic mass is 32.1. The monoisotopic (exact) mass is 728 g/mol. The topological polar surface area (TPSA) is 152 Å². The van der Waals surface area contributed by atoms with Crippen molar-refractivity contribution in [2.75, 3.05) is 18.9 Å². The van der Waals surface area contributed by atoms with E-state index in [1.54, 1.807) is 18.2 Å². The summed E-state index contributed by atoms with van der Waals surface area (Å²) >= 11 is 1.42. The Balaban J connectivity index is 1.08. The van der Waals surface area contributed by atoms with Gasteiger partial charge >= 0.3 is 5.97 Å². The Hall–Kier alpha value is -4.97. The van der Waals surface area contributed by atoms with Crippen LogP contribution in [0, 0.1) is 16.2 Å². The van der Waals surface area contributed by atoms with Gasteiger partial charge in [0.1, 0.15) is 0 Å². The van der Waals surface area contributed by atoms with Crippen molar-refractivity contribution < 1.29 is 19.5 Å². The van der Waals surface area contributed by atoms with Gasteiger partial charge in [-0.3, -0.25) is 19.9 Å². The maximum atomic E-state index is 13.5. The number of carbonyl (C=O) groups excluding carboxylic acids is 1. The van der Waals surface area contributed by atoms with Gasteiger partial charge in [0.2, 0.25) is 0 Å². The Kier molecular flexibility index (Phi) is 8.51. The van der Waals surface area contributed by atoms with Crippen molar-refractivity contribution in [3.63, 3.8) is 0 Å². The van der Waals surface area contributed by atoms with E-state index in [0.717, 1.165) is 47.7 Å². The van der Waals surface area contributed by atoms with E-state index in [9.17, 15) is 14.7 Å². The van der Waals surface area contributed by atoms with Crippen LogP contribution in [0.3, 0.4) is 0 Å². The van der Waals surface area contributed by atoms with E-state index in [0.29, 0.717) is 50.7 Å².